The predicted octanol–water partition coefficient (Wildman–Crippen LogP) is 2.10. The lowest BCUT2D eigenvalue weighted by Crippen LogP contribution is -2.32. The molecule has 1 aliphatic rings. The normalized spacial score (nSPS) is 20.9. The molecular weight excluding hydrogens is 316 g/mol. The van der Waals surface area contributed by atoms with Crippen LogP contribution in [0.15, 0.2) is 16.3 Å². The lowest BCUT2D eigenvalue weighted by molar-refractivity contribution is 0.357. The van der Waals surface area contributed by atoms with E-state index in [2.05, 4.69) is 11.9 Å². The Kier molecular flexibility index (Phi) is 5.48. The first-order valence-electron chi connectivity index (χ1n) is 6.73. The SMILES string of the molecule is CN1CCC(CN(C)S(=O)(=O)c2ccc(CCCl)s2)C1. The first kappa shape index (κ1) is 16.2. The highest BCUT2D eigenvalue weighted by atomic mass is 35.5. The number of sulfonamides is 1. The molecule has 1 aromatic heterocycles. The first-order chi connectivity index (χ1) is 9.43. The summed E-state index contributed by atoms with van der Waals surface area (Å²) in [4.78, 5) is 3.27. The van der Waals surface area contributed by atoms with Crippen molar-refractivity contribution in [1.82, 2.24) is 9.21 Å². The van der Waals surface area contributed by atoms with E-state index in [-0.39, 0.29) is 0 Å². The molecule has 7 heteroatoms. The number of alkyl halides is 1. The molecule has 1 aromatic rings. The first-order valence-corrected chi connectivity index (χ1v) is 9.52. The number of rotatable bonds is 6. The zero-order valence-corrected chi connectivity index (χ0v) is 14.3. The molecular formula is C13H21ClN2O2S2. The van der Waals surface area contributed by atoms with Crippen LogP contribution in [0.25, 0.3) is 0 Å². The Balaban J connectivity index is 2.04. The van der Waals surface area contributed by atoms with E-state index in [4.69, 9.17) is 11.6 Å². The molecule has 0 bridgehead atoms. The molecule has 2 heterocycles. The van der Waals surface area contributed by atoms with Gasteiger partial charge in [0.2, 0.25) is 0 Å². The summed E-state index contributed by atoms with van der Waals surface area (Å²) in [5.74, 6) is 0.951. The van der Waals surface area contributed by atoms with Crippen molar-refractivity contribution in [1.29, 1.82) is 0 Å². The molecule has 0 amide bonds. The molecule has 0 aromatic carbocycles. The molecule has 20 heavy (non-hydrogen) atoms. The smallest absolute Gasteiger partial charge is 0.252 e. The van der Waals surface area contributed by atoms with Crippen molar-refractivity contribution in [2.45, 2.75) is 17.1 Å². The molecule has 1 atom stereocenters. The van der Waals surface area contributed by atoms with Gasteiger partial charge in [-0.1, -0.05) is 0 Å². The number of likely N-dealkylation sites (tertiary alicyclic amines) is 1. The van der Waals surface area contributed by atoms with E-state index in [1.165, 1.54) is 15.6 Å². The largest absolute Gasteiger partial charge is 0.306 e. The third-order valence-electron chi connectivity index (χ3n) is 3.65. The van der Waals surface area contributed by atoms with Crippen LogP contribution in [0, 0.1) is 5.92 Å². The van der Waals surface area contributed by atoms with Crippen molar-refractivity contribution in [3.8, 4) is 0 Å². The van der Waals surface area contributed by atoms with E-state index >= 15 is 0 Å². The topological polar surface area (TPSA) is 40.6 Å². The van der Waals surface area contributed by atoms with Crippen LogP contribution in [0.5, 0.6) is 0 Å². The van der Waals surface area contributed by atoms with Crippen molar-refractivity contribution in [3.05, 3.63) is 17.0 Å². The number of hydrogen-bond acceptors (Lipinski definition) is 4. The predicted molar refractivity (Wildman–Crippen MR) is 84.2 cm³/mol. The van der Waals surface area contributed by atoms with Gasteiger partial charge in [0, 0.05) is 30.9 Å². The maximum absolute atomic E-state index is 12.5. The fraction of sp³-hybridized carbons (Fsp3) is 0.692. The van der Waals surface area contributed by atoms with Gasteiger partial charge in [-0.15, -0.1) is 22.9 Å². The molecule has 114 valence electrons. The monoisotopic (exact) mass is 336 g/mol. The highest BCUT2D eigenvalue weighted by molar-refractivity contribution is 7.91. The van der Waals surface area contributed by atoms with Gasteiger partial charge in [-0.2, -0.15) is 4.31 Å². The fourth-order valence-corrected chi connectivity index (χ4v) is 5.64. The molecule has 1 unspecified atom stereocenters. The fourth-order valence-electron chi connectivity index (χ4n) is 2.52. The van der Waals surface area contributed by atoms with Gasteiger partial charge in [0.15, 0.2) is 0 Å². The number of hydrogen-bond donors (Lipinski definition) is 0. The Hall–Kier alpha value is -0.140. The minimum atomic E-state index is -3.35. The van der Waals surface area contributed by atoms with E-state index < -0.39 is 10.0 Å². The van der Waals surface area contributed by atoms with Gasteiger partial charge in [-0.05, 0) is 44.5 Å². The molecule has 1 saturated heterocycles. The van der Waals surface area contributed by atoms with Crippen LogP contribution in [-0.2, 0) is 16.4 Å². The van der Waals surface area contributed by atoms with Crippen LogP contribution >= 0.6 is 22.9 Å². The van der Waals surface area contributed by atoms with Crippen LogP contribution in [0.2, 0.25) is 0 Å². The van der Waals surface area contributed by atoms with Crippen LogP contribution in [-0.4, -0.2) is 57.2 Å². The van der Waals surface area contributed by atoms with Gasteiger partial charge in [-0.3, -0.25) is 0 Å². The molecule has 4 nitrogen and oxygen atoms in total. The molecule has 0 saturated carbocycles. The van der Waals surface area contributed by atoms with E-state index in [1.54, 1.807) is 13.1 Å². The van der Waals surface area contributed by atoms with Gasteiger partial charge in [-0.25, -0.2) is 8.42 Å². The molecule has 0 aliphatic carbocycles. The summed E-state index contributed by atoms with van der Waals surface area (Å²) in [7, 11) is 0.400. The second kappa shape index (κ2) is 6.75. The van der Waals surface area contributed by atoms with Crippen molar-refractivity contribution in [3.63, 3.8) is 0 Å². The summed E-state index contributed by atoms with van der Waals surface area (Å²) >= 11 is 7.02. The van der Waals surface area contributed by atoms with Gasteiger partial charge in [0.1, 0.15) is 4.21 Å². The number of nitrogens with zero attached hydrogens (tertiary/aromatic N) is 2. The molecule has 1 fully saturated rings. The Morgan fingerprint density at radius 1 is 1.50 bits per heavy atom. The zero-order valence-electron chi connectivity index (χ0n) is 11.9. The van der Waals surface area contributed by atoms with Crippen molar-refractivity contribution in [2.75, 3.05) is 39.6 Å². The number of thiophene rings is 1. The third-order valence-corrected chi connectivity index (χ3v) is 7.27. The summed E-state index contributed by atoms with van der Waals surface area (Å²) in [5, 5.41) is 0. The van der Waals surface area contributed by atoms with Crippen molar-refractivity contribution >= 4 is 33.0 Å². The van der Waals surface area contributed by atoms with Gasteiger partial charge in [0.25, 0.3) is 10.0 Å². The molecule has 1 aliphatic heterocycles. The Bertz CT molecular complexity index is 544. The lowest BCUT2D eigenvalue weighted by atomic mass is 10.1. The maximum atomic E-state index is 12.5. The second-order valence-corrected chi connectivity index (χ2v) is 9.18. The van der Waals surface area contributed by atoms with Crippen molar-refractivity contribution < 1.29 is 8.42 Å². The minimum Gasteiger partial charge on any atom is -0.306 e. The standard InChI is InChI=1S/C13H21ClN2O2S2/c1-15-8-6-11(9-15)10-16(2)20(17,18)13-4-3-12(19-13)5-7-14/h3-4,11H,5-10H2,1-2H3. The summed E-state index contributed by atoms with van der Waals surface area (Å²) in [5.41, 5.74) is 0. The Morgan fingerprint density at radius 3 is 2.85 bits per heavy atom. The van der Waals surface area contributed by atoms with Gasteiger partial charge < -0.3 is 4.90 Å². The molecule has 0 radical (unpaired) electrons. The summed E-state index contributed by atoms with van der Waals surface area (Å²) in [6, 6.07) is 3.55. The van der Waals surface area contributed by atoms with E-state index in [9.17, 15) is 8.42 Å². The second-order valence-electron chi connectivity index (χ2n) is 5.36. The van der Waals surface area contributed by atoms with Crippen molar-refractivity contribution in [2.24, 2.45) is 5.92 Å². The van der Waals surface area contributed by atoms with E-state index in [1.807, 2.05) is 6.07 Å². The zero-order chi connectivity index (χ0) is 14.8. The maximum Gasteiger partial charge on any atom is 0.252 e. The van der Waals surface area contributed by atoms with Gasteiger partial charge >= 0.3 is 0 Å². The minimum absolute atomic E-state index is 0.423. The molecule has 0 N–H and O–H groups in total. The lowest BCUT2D eigenvalue weighted by Gasteiger charge is -2.20. The molecule has 0 spiro atoms. The quantitative estimate of drug-likeness (QED) is 0.747. The van der Waals surface area contributed by atoms with Crippen LogP contribution < -0.4 is 0 Å². The summed E-state index contributed by atoms with van der Waals surface area (Å²) < 4.78 is 26.9. The average Bonchev–Trinajstić information content (AvgIpc) is 2.99. The highest BCUT2D eigenvalue weighted by Crippen LogP contribution is 2.26. The summed E-state index contributed by atoms with van der Waals surface area (Å²) in [6.45, 7) is 2.62. The highest BCUT2D eigenvalue weighted by Gasteiger charge is 2.28. The van der Waals surface area contributed by atoms with Crippen LogP contribution in [0.1, 0.15) is 11.3 Å². The number of halogens is 1. The van der Waals surface area contributed by atoms with E-state index in [0.717, 1.165) is 30.8 Å². The van der Waals surface area contributed by atoms with Gasteiger partial charge in [0.05, 0.1) is 0 Å². The number of aryl methyl sites for hydroxylation is 1. The molecule has 2 rings (SSSR count). The summed E-state index contributed by atoms with van der Waals surface area (Å²) in [6.07, 6.45) is 1.79. The Morgan fingerprint density at radius 2 is 2.25 bits per heavy atom. The van der Waals surface area contributed by atoms with E-state index in [0.29, 0.717) is 22.6 Å². The van der Waals surface area contributed by atoms with Crippen LogP contribution in [0.4, 0.5) is 0 Å². The van der Waals surface area contributed by atoms with Crippen LogP contribution in [0.3, 0.4) is 0 Å². The average molecular weight is 337 g/mol. The Labute approximate surface area is 130 Å². The third kappa shape index (κ3) is 3.74.